The molecule has 0 spiro atoms. The van der Waals surface area contributed by atoms with Gasteiger partial charge in [0.25, 0.3) is 5.91 Å². The van der Waals surface area contributed by atoms with E-state index in [-0.39, 0.29) is 17.3 Å². The van der Waals surface area contributed by atoms with Gasteiger partial charge in [-0.05, 0) is 29.4 Å². The monoisotopic (exact) mass is 402 g/mol. The highest BCUT2D eigenvalue weighted by Gasteiger charge is 2.20. The molecule has 152 valence electrons. The van der Waals surface area contributed by atoms with E-state index in [1.165, 1.54) is 32.2 Å². The van der Waals surface area contributed by atoms with E-state index in [4.69, 9.17) is 19.9 Å². The summed E-state index contributed by atoms with van der Waals surface area (Å²) in [4.78, 5) is 12.4. The maximum absolute atomic E-state index is 12.4. The fraction of sp³-hybridized carbons (Fsp3) is 0.250. The van der Waals surface area contributed by atoms with Crippen LogP contribution in [0.5, 0.6) is 17.2 Å². The summed E-state index contributed by atoms with van der Waals surface area (Å²) in [5.74, 6) is 0.937. The SMILES string of the molecule is COc1cc(/C=N\NC(=O)c2nnn(-c3nonc3N)c2C)cc(OC)c1OC. The Bertz CT molecular complexity index is 1030. The molecule has 13 heteroatoms. The number of nitrogens with zero attached hydrogens (tertiary/aromatic N) is 6. The van der Waals surface area contributed by atoms with Gasteiger partial charge in [-0.1, -0.05) is 5.21 Å². The molecule has 1 aromatic carbocycles. The lowest BCUT2D eigenvalue weighted by Crippen LogP contribution is -2.19. The third-order valence-electron chi connectivity index (χ3n) is 3.87. The van der Waals surface area contributed by atoms with Crippen LogP contribution in [0, 0.1) is 6.92 Å². The van der Waals surface area contributed by atoms with E-state index in [0.717, 1.165) is 0 Å². The Kier molecular flexibility index (Phi) is 5.57. The number of carbonyl (C=O) groups is 1. The van der Waals surface area contributed by atoms with E-state index in [0.29, 0.717) is 28.5 Å². The van der Waals surface area contributed by atoms with E-state index in [2.05, 4.69) is 35.8 Å². The van der Waals surface area contributed by atoms with E-state index in [1.54, 1.807) is 19.1 Å². The zero-order chi connectivity index (χ0) is 21.0. The lowest BCUT2D eigenvalue weighted by Gasteiger charge is -2.12. The molecule has 0 saturated heterocycles. The van der Waals surface area contributed by atoms with Crippen LogP contribution in [0.2, 0.25) is 0 Å². The molecule has 1 amide bonds. The molecule has 0 aliphatic carbocycles. The van der Waals surface area contributed by atoms with Gasteiger partial charge in [0, 0.05) is 5.56 Å². The summed E-state index contributed by atoms with van der Waals surface area (Å²) >= 11 is 0. The third kappa shape index (κ3) is 3.78. The highest BCUT2D eigenvalue weighted by Crippen LogP contribution is 2.37. The van der Waals surface area contributed by atoms with E-state index < -0.39 is 5.91 Å². The molecule has 13 nitrogen and oxygen atoms in total. The Morgan fingerprint density at radius 3 is 2.45 bits per heavy atom. The molecule has 0 radical (unpaired) electrons. The van der Waals surface area contributed by atoms with Crippen LogP contribution in [0.1, 0.15) is 21.7 Å². The molecule has 0 saturated carbocycles. The van der Waals surface area contributed by atoms with Gasteiger partial charge in [0.1, 0.15) is 0 Å². The Morgan fingerprint density at radius 1 is 1.21 bits per heavy atom. The maximum Gasteiger partial charge on any atom is 0.293 e. The van der Waals surface area contributed by atoms with Crippen LogP contribution in [0.4, 0.5) is 5.82 Å². The zero-order valence-corrected chi connectivity index (χ0v) is 16.0. The second-order valence-electron chi connectivity index (χ2n) is 5.57. The van der Waals surface area contributed by atoms with Crippen molar-refractivity contribution in [2.75, 3.05) is 27.1 Å². The topological polar surface area (TPSA) is 165 Å². The fourth-order valence-corrected chi connectivity index (χ4v) is 2.47. The van der Waals surface area contributed by atoms with E-state index in [9.17, 15) is 4.79 Å². The number of rotatable bonds is 7. The average Bonchev–Trinajstić information content (AvgIpc) is 3.31. The van der Waals surface area contributed by atoms with Crippen LogP contribution in [0.15, 0.2) is 21.9 Å². The molecule has 3 N–H and O–H groups in total. The molecule has 0 aliphatic rings. The number of nitrogens with one attached hydrogen (secondary N) is 1. The second kappa shape index (κ2) is 8.24. The molecule has 0 atom stereocenters. The van der Waals surface area contributed by atoms with Gasteiger partial charge < -0.3 is 19.9 Å². The van der Waals surface area contributed by atoms with Crippen LogP contribution >= 0.6 is 0 Å². The van der Waals surface area contributed by atoms with Crippen molar-refractivity contribution in [3.05, 3.63) is 29.1 Å². The van der Waals surface area contributed by atoms with Crippen LogP contribution < -0.4 is 25.4 Å². The van der Waals surface area contributed by atoms with Gasteiger partial charge in [-0.2, -0.15) is 9.78 Å². The smallest absolute Gasteiger partial charge is 0.293 e. The first-order chi connectivity index (χ1) is 14.0. The highest BCUT2D eigenvalue weighted by atomic mass is 16.6. The van der Waals surface area contributed by atoms with Gasteiger partial charge >= 0.3 is 0 Å². The van der Waals surface area contributed by atoms with Crippen LogP contribution in [-0.2, 0) is 0 Å². The number of hydrogen-bond acceptors (Lipinski definition) is 11. The van der Waals surface area contributed by atoms with Gasteiger partial charge in [-0.3, -0.25) is 4.79 Å². The summed E-state index contributed by atoms with van der Waals surface area (Å²) in [6, 6.07) is 3.36. The molecule has 3 aromatic rings. The number of anilines is 1. The van der Waals surface area contributed by atoms with Crippen LogP contribution in [0.25, 0.3) is 5.82 Å². The predicted molar refractivity (Wildman–Crippen MR) is 99.5 cm³/mol. The molecule has 0 bridgehead atoms. The minimum Gasteiger partial charge on any atom is -0.493 e. The quantitative estimate of drug-likeness (QED) is 0.415. The maximum atomic E-state index is 12.4. The Morgan fingerprint density at radius 2 is 1.90 bits per heavy atom. The van der Waals surface area contributed by atoms with Crippen LogP contribution in [0.3, 0.4) is 0 Å². The number of aromatic nitrogens is 5. The van der Waals surface area contributed by atoms with Crippen molar-refractivity contribution in [2.45, 2.75) is 6.92 Å². The Labute approximate surface area is 164 Å². The standard InChI is InChI=1S/C16H18N8O5/c1-8-12(19-23-24(8)15-14(17)21-29-22-15)16(25)20-18-7-9-5-10(26-2)13(28-4)11(6-9)27-3/h5-7H,1-4H3,(H2,17,21)(H,20,25)/b18-7-. The Hall–Kier alpha value is -4.16. The number of carbonyl (C=O) groups excluding carboxylic acids is 1. The molecular weight excluding hydrogens is 384 g/mol. The van der Waals surface area contributed by atoms with E-state index in [1.807, 2.05) is 0 Å². The summed E-state index contributed by atoms with van der Waals surface area (Å²) in [5.41, 5.74) is 9.04. The van der Waals surface area contributed by atoms with Crippen molar-refractivity contribution in [3.63, 3.8) is 0 Å². The summed E-state index contributed by atoms with van der Waals surface area (Å²) in [6.07, 6.45) is 1.42. The number of methoxy groups -OCH3 is 3. The molecule has 2 aromatic heterocycles. The molecule has 0 aliphatic heterocycles. The Balaban J connectivity index is 1.77. The van der Waals surface area contributed by atoms with Gasteiger partial charge in [0.05, 0.1) is 33.2 Å². The first kappa shape index (κ1) is 19.6. The third-order valence-corrected chi connectivity index (χ3v) is 3.87. The summed E-state index contributed by atoms with van der Waals surface area (Å²) in [5, 5.41) is 18.7. The molecule has 29 heavy (non-hydrogen) atoms. The van der Waals surface area contributed by atoms with E-state index >= 15 is 0 Å². The number of nitrogens with two attached hydrogens (primary N) is 1. The number of nitrogen functional groups attached to an aromatic ring is 1. The fourth-order valence-electron chi connectivity index (χ4n) is 2.47. The highest BCUT2D eigenvalue weighted by molar-refractivity contribution is 5.94. The molecule has 2 heterocycles. The lowest BCUT2D eigenvalue weighted by atomic mass is 10.2. The molecular formula is C16H18N8O5. The van der Waals surface area contributed by atoms with Gasteiger partial charge in [0.2, 0.25) is 17.4 Å². The summed E-state index contributed by atoms with van der Waals surface area (Å²) in [6.45, 7) is 1.62. The number of hydrogen-bond donors (Lipinski definition) is 2. The first-order valence-electron chi connectivity index (χ1n) is 8.14. The zero-order valence-electron chi connectivity index (χ0n) is 16.0. The molecule has 3 rings (SSSR count). The van der Waals surface area contributed by atoms with Crippen molar-refractivity contribution in [1.82, 2.24) is 30.7 Å². The number of benzene rings is 1. The van der Waals surface area contributed by atoms with Crippen LogP contribution in [-0.4, -0.2) is 58.8 Å². The number of hydrazone groups is 1. The van der Waals surface area contributed by atoms with Crippen molar-refractivity contribution >= 4 is 17.9 Å². The first-order valence-corrected chi connectivity index (χ1v) is 8.14. The predicted octanol–water partition coefficient (Wildman–Crippen LogP) is 0.331. The number of ether oxygens (including phenoxy) is 3. The van der Waals surface area contributed by atoms with Gasteiger partial charge in [-0.15, -0.1) is 5.10 Å². The van der Waals surface area contributed by atoms with Crippen molar-refractivity contribution in [3.8, 4) is 23.1 Å². The summed E-state index contributed by atoms with van der Waals surface area (Å²) in [7, 11) is 4.51. The normalized spacial score (nSPS) is 10.9. The lowest BCUT2D eigenvalue weighted by molar-refractivity contribution is 0.0949. The molecule has 0 unspecified atom stereocenters. The van der Waals surface area contributed by atoms with Crippen molar-refractivity contribution < 1.29 is 23.6 Å². The minimum atomic E-state index is -0.576. The molecule has 0 fully saturated rings. The van der Waals surface area contributed by atoms with Gasteiger partial charge in [-0.25, -0.2) is 10.1 Å². The van der Waals surface area contributed by atoms with Gasteiger partial charge in [0.15, 0.2) is 17.2 Å². The van der Waals surface area contributed by atoms with Crippen molar-refractivity contribution in [1.29, 1.82) is 0 Å². The summed E-state index contributed by atoms with van der Waals surface area (Å²) < 4.78 is 21.6. The van der Waals surface area contributed by atoms with Crippen molar-refractivity contribution in [2.24, 2.45) is 5.10 Å². The minimum absolute atomic E-state index is 0.0189. The number of amides is 1. The largest absolute Gasteiger partial charge is 0.493 e. The second-order valence-corrected chi connectivity index (χ2v) is 5.57. The average molecular weight is 402 g/mol.